The predicted octanol–water partition coefficient (Wildman–Crippen LogP) is 4.50. The van der Waals surface area contributed by atoms with Gasteiger partial charge in [0, 0.05) is 27.0 Å². The van der Waals surface area contributed by atoms with Gasteiger partial charge in [-0.2, -0.15) is 0 Å². The van der Waals surface area contributed by atoms with Crippen LogP contribution in [0.5, 0.6) is 0 Å². The zero-order chi connectivity index (χ0) is 17.4. The molecule has 6 heteroatoms. The SMILES string of the molecule is O=S(=O)(CCc1ccc2[nH]c3nccc(Br)c3c2c1)c1ccccc1. The molecule has 0 fully saturated rings. The smallest absolute Gasteiger partial charge is 0.178 e. The van der Waals surface area contributed by atoms with Crippen LogP contribution < -0.4 is 0 Å². The molecule has 1 N–H and O–H groups in total. The molecule has 4 rings (SSSR count). The Labute approximate surface area is 154 Å². The van der Waals surface area contributed by atoms with Crippen LogP contribution in [0.25, 0.3) is 21.9 Å². The van der Waals surface area contributed by atoms with E-state index < -0.39 is 9.84 Å². The van der Waals surface area contributed by atoms with E-state index in [1.54, 1.807) is 30.5 Å². The van der Waals surface area contributed by atoms with Gasteiger partial charge in [-0.3, -0.25) is 0 Å². The zero-order valence-corrected chi connectivity index (χ0v) is 15.6. The highest BCUT2D eigenvalue weighted by Crippen LogP contribution is 2.31. The summed E-state index contributed by atoms with van der Waals surface area (Å²) in [6.07, 6.45) is 2.22. The molecular weight excluding hydrogens is 400 g/mol. The highest BCUT2D eigenvalue weighted by atomic mass is 79.9. The third-order valence-electron chi connectivity index (χ3n) is 4.27. The molecule has 0 saturated heterocycles. The van der Waals surface area contributed by atoms with Crippen LogP contribution in [0, 0.1) is 0 Å². The molecule has 25 heavy (non-hydrogen) atoms. The van der Waals surface area contributed by atoms with Crippen LogP contribution in [0.1, 0.15) is 5.56 Å². The van der Waals surface area contributed by atoms with Crippen molar-refractivity contribution >= 4 is 47.7 Å². The molecule has 0 aliphatic rings. The first kappa shape index (κ1) is 16.3. The van der Waals surface area contributed by atoms with Gasteiger partial charge in [-0.05, 0) is 58.2 Å². The lowest BCUT2D eigenvalue weighted by molar-refractivity contribution is 0.595. The Balaban J connectivity index is 1.67. The second-order valence-electron chi connectivity index (χ2n) is 5.90. The molecule has 0 atom stereocenters. The van der Waals surface area contributed by atoms with Crippen LogP contribution in [0.2, 0.25) is 0 Å². The highest BCUT2D eigenvalue weighted by Gasteiger charge is 2.15. The topological polar surface area (TPSA) is 62.8 Å². The van der Waals surface area contributed by atoms with E-state index in [-0.39, 0.29) is 5.75 Å². The number of rotatable bonds is 4. The minimum atomic E-state index is -3.28. The van der Waals surface area contributed by atoms with Crippen molar-refractivity contribution in [1.82, 2.24) is 9.97 Å². The molecule has 0 aliphatic carbocycles. The number of H-pyrrole nitrogens is 1. The summed E-state index contributed by atoms with van der Waals surface area (Å²) in [5.41, 5.74) is 2.80. The third kappa shape index (κ3) is 3.07. The van der Waals surface area contributed by atoms with Crippen LogP contribution in [0.15, 0.2) is 70.2 Å². The molecule has 4 nitrogen and oxygen atoms in total. The Morgan fingerprint density at radius 2 is 1.84 bits per heavy atom. The Hall–Kier alpha value is -2.18. The number of sulfone groups is 1. The summed E-state index contributed by atoms with van der Waals surface area (Å²) < 4.78 is 25.9. The fraction of sp³-hybridized carbons (Fsp3) is 0.105. The molecule has 4 aromatic rings. The number of aryl methyl sites for hydroxylation is 1. The van der Waals surface area contributed by atoms with Crippen molar-refractivity contribution in [3.05, 3.63) is 70.8 Å². The van der Waals surface area contributed by atoms with Gasteiger partial charge in [-0.1, -0.05) is 24.3 Å². The first-order chi connectivity index (χ1) is 12.0. The van der Waals surface area contributed by atoms with E-state index in [9.17, 15) is 8.42 Å². The first-order valence-corrected chi connectivity index (χ1v) is 10.3. The maximum Gasteiger partial charge on any atom is 0.178 e. The number of aromatic nitrogens is 2. The summed E-state index contributed by atoms with van der Waals surface area (Å²) in [7, 11) is -3.28. The van der Waals surface area contributed by atoms with Crippen LogP contribution >= 0.6 is 15.9 Å². The molecule has 2 heterocycles. The number of nitrogens with one attached hydrogen (secondary N) is 1. The van der Waals surface area contributed by atoms with Gasteiger partial charge in [0.05, 0.1) is 10.6 Å². The number of benzene rings is 2. The van der Waals surface area contributed by atoms with E-state index in [1.165, 1.54) is 0 Å². The summed E-state index contributed by atoms with van der Waals surface area (Å²) in [6.45, 7) is 0. The fourth-order valence-electron chi connectivity index (χ4n) is 2.98. The van der Waals surface area contributed by atoms with E-state index in [0.29, 0.717) is 11.3 Å². The molecule has 2 aromatic heterocycles. The molecular formula is C19H15BrN2O2S. The van der Waals surface area contributed by atoms with Crippen LogP contribution in [0.4, 0.5) is 0 Å². The second-order valence-corrected chi connectivity index (χ2v) is 8.87. The lowest BCUT2D eigenvalue weighted by Gasteiger charge is -2.05. The van der Waals surface area contributed by atoms with E-state index in [4.69, 9.17) is 0 Å². The summed E-state index contributed by atoms with van der Waals surface area (Å²) in [6, 6.07) is 16.5. The van der Waals surface area contributed by atoms with Crippen LogP contribution in [0.3, 0.4) is 0 Å². The molecule has 0 amide bonds. The molecule has 0 aliphatic heterocycles. The zero-order valence-electron chi connectivity index (χ0n) is 13.2. The maximum atomic E-state index is 12.5. The number of halogens is 1. The normalized spacial score (nSPS) is 12.0. The van der Waals surface area contributed by atoms with Gasteiger partial charge in [0.25, 0.3) is 0 Å². The summed E-state index contributed by atoms with van der Waals surface area (Å²) in [4.78, 5) is 8.01. The molecule has 0 saturated carbocycles. The highest BCUT2D eigenvalue weighted by molar-refractivity contribution is 9.10. The van der Waals surface area contributed by atoms with E-state index in [2.05, 4.69) is 25.9 Å². The first-order valence-electron chi connectivity index (χ1n) is 7.87. The lowest BCUT2D eigenvalue weighted by atomic mass is 10.1. The van der Waals surface area contributed by atoms with Gasteiger partial charge in [0.1, 0.15) is 5.65 Å². The summed E-state index contributed by atoms with van der Waals surface area (Å²) in [5, 5.41) is 2.06. The average Bonchev–Trinajstić information content (AvgIpc) is 3.00. The number of fused-ring (bicyclic) bond motifs is 3. The molecule has 126 valence electrons. The number of hydrogen-bond acceptors (Lipinski definition) is 3. The van der Waals surface area contributed by atoms with Gasteiger partial charge >= 0.3 is 0 Å². The van der Waals surface area contributed by atoms with Gasteiger partial charge in [-0.15, -0.1) is 0 Å². The quantitative estimate of drug-likeness (QED) is 0.534. The van der Waals surface area contributed by atoms with Crippen LogP contribution in [-0.4, -0.2) is 24.1 Å². The summed E-state index contributed by atoms with van der Waals surface area (Å²) >= 11 is 3.57. The van der Waals surface area contributed by atoms with Crippen molar-refractivity contribution in [2.75, 3.05) is 5.75 Å². The Bertz CT molecular complexity index is 1170. The molecule has 0 radical (unpaired) electrons. The number of nitrogens with zero attached hydrogens (tertiary/aromatic N) is 1. The molecule has 0 bridgehead atoms. The van der Waals surface area contributed by atoms with Gasteiger partial charge in [0.15, 0.2) is 9.84 Å². The van der Waals surface area contributed by atoms with Crippen molar-refractivity contribution in [3.8, 4) is 0 Å². The average molecular weight is 415 g/mol. The van der Waals surface area contributed by atoms with Gasteiger partial charge in [0.2, 0.25) is 0 Å². The Kier molecular flexibility index (Phi) is 4.09. The monoisotopic (exact) mass is 414 g/mol. The minimum Gasteiger partial charge on any atom is -0.339 e. The van der Waals surface area contributed by atoms with Crippen LogP contribution in [-0.2, 0) is 16.3 Å². The second kappa shape index (κ2) is 6.28. The fourth-order valence-corrected chi connectivity index (χ4v) is 4.81. The third-order valence-corrected chi connectivity index (χ3v) is 6.66. The lowest BCUT2D eigenvalue weighted by Crippen LogP contribution is -2.09. The van der Waals surface area contributed by atoms with E-state index in [0.717, 1.165) is 32.0 Å². The standard InChI is InChI=1S/C19H15BrN2O2S/c20-16-8-10-21-19-18(16)15-12-13(6-7-17(15)22-19)9-11-25(23,24)14-4-2-1-3-5-14/h1-8,10,12H,9,11H2,(H,21,22). The molecule has 2 aromatic carbocycles. The maximum absolute atomic E-state index is 12.5. The van der Waals surface area contributed by atoms with E-state index in [1.807, 2.05) is 30.3 Å². The van der Waals surface area contributed by atoms with Gasteiger partial charge < -0.3 is 4.98 Å². The minimum absolute atomic E-state index is 0.0876. The Morgan fingerprint density at radius 3 is 2.64 bits per heavy atom. The van der Waals surface area contributed by atoms with E-state index >= 15 is 0 Å². The van der Waals surface area contributed by atoms with Crippen molar-refractivity contribution in [2.45, 2.75) is 11.3 Å². The number of pyridine rings is 1. The largest absolute Gasteiger partial charge is 0.339 e. The van der Waals surface area contributed by atoms with Crippen molar-refractivity contribution < 1.29 is 8.42 Å². The number of aromatic amines is 1. The molecule has 0 spiro atoms. The molecule has 0 unspecified atom stereocenters. The predicted molar refractivity (Wildman–Crippen MR) is 103 cm³/mol. The Morgan fingerprint density at radius 1 is 1.04 bits per heavy atom. The van der Waals surface area contributed by atoms with Gasteiger partial charge in [-0.25, -0.2) is 13.4 Å². The number of hydrogen-bond donors (Lipinski definition) is 1. The summed E-state index contributed by atoms with van der Waals surface area (Å²) in [5.74, 6) is 0.0876. The van der Waals surface area contributed by atoms with Crippen molar-refractivity contribution in [2.24, 2.45) is 0 Å². The van der Waals surface area contributed by atoms with Crippen molar-refractivity contribution in [1.29, 1.82) is 0 Å². The van der Waals surface area contributed by atoms with Crippen molar-refractivity contribution in [3.63, 3.8) is 0 Å².